The van der Waals surface area contributed by atoms with Crippen LogP contribution >= 0.6 is 0 Å². The zero-order chi connectivity index (χ0) is 32.4. The number of hydrogen-bond donors (Lipinski definition) is 4. The normalized spacial score (nSPS) is 21.8. The van der Waals surface area contributed by atoms with Crippen molar-refractivity contribution in [1.29, 1.82) is 0 Å². The highest BCUT2D eigenvalue weighted by Crippen LogP contribution is 2.50. The molecule has 2 saturated carbocycles. The predicted octanol–water partition coefficient (Wildman–Crippen LogP) is 4.21. The zero-order valence-electron chi connectivity index (χ0n) is 26.8. The van der Waals surface area contributed by atoms with Gasteiger partial charge in [-0.3, -0.25) is 19.4 Å². The molecule has 1 heterocycles. The topological polar surface area (TPSA) is 135 Å². The number of rotatable bonds is 14. The lowest BCUT2D eigenvalue weighted by Crippen LogP contribution is -2.56. The maximum Gasteiger partial charge on any atom is 0.270 e. The largest absolute Gasteiger partial charge is 0.494 e. The van der Waals surface area contributed by atoms with Gasteiger partial charge < -0.3 is 26.4 Å². The third kappa shape index (κ3) is 8.72. The van der Waals surface area contributed by atoms with E-state index in [1.165, 1.54) is 12.6 Å². The molecule has 2 aromatic carbocycles. The Hall–Kier alpha value is -4.24. The Balaban J connectivity index is 1.32. The Morgan fingerprint density at radius 3 is 2.30 bits per heavy atom. The molecule has 0 spiro atoms. The van der Waals surface area contributed by atoms with E-state index in [1.54, 1.807) is 18.2 Å². The minimum atomic E-state index is -0.942. The van der Waals surface area contributed by atoms with Crippen LogP contribution in [0.4, 0.5) is 0 Å². The average Bonchev–Trinajstić information content (AvgIpc) is 3.08. The molecule has 0 radical (unpaired) electrons. The molecule has 9 nitrogen and oxygen atoms in total. The van der Waals surface area contributed by atoms with Gasteiger partial charge in [-0.2, -0.15) is 0 Å². The molecule has 3 aromatic rings. The first-order chi connectivity index (χ1) is 22.4. The summed E-state index contributed by atoms with van der Waals surface area (Å²) in [5.74, 6) is 0.802. The van der Waals surface area contributed by atoms with Gasteiger partial charge in [0.1, 0.15) is 23.5 Å². The number of nitrogens with zero attached hydrogens (tertiary/aromatic N) is 1. The minimum Gasteiger partial charge on any atom is -0.494 e. The molecular formula is C37H47N5O4. The third-order valence-corrected chi connectivity index (χ3v) is 9.74. The van der Waals surface area contributed by atoms with Gasteiger partial charge >= 0.3 is 0 Å². The van der Waals surface area contributed by atoms with Crippen molar-refractivity contribution < 1.29 is 19.1 Å². The number of ether oxygens (including phenoxy) is 1. The van der Waals surface area contributed by atoms with E-state index in [-0.39, 0.29) is 23.4 Å². The molecule has 5 rings (SSSR count). The lowest BCUT2D eigenvalue weighted by molar-refractivity contribution is -0.130. The molecule has 2 fully saturated rings. The van der Waals surface area contributed by atoms with Crippen molar-refractivity contribution in [3.05, 3.63) is 95.8 Å². The number of hydrogen-bond acceptors (Lipinski definition) is 6. The van der Waals surface area contributed by atoms with Gasteiger partial charge in [-0.25, -0.2) is 0 Å². The summed E-state index contributed by atoms with van der Waals surface area (Å²) >= 11 is 0. The summed E-state index contributed by atoms with van der Waals surface area (Å²) in [4.78, 5) is 45.2. The van der Waals surface area contributed by atoms with Gasteiger partial charge in [0, 0.05) is 25.6 Å². The van der Waals surface area contributed by atoms with Gasteiger partial charge in [-0.05, 0) is 91.8 Å². The van der Waals surface area contributed by atoms with Gasteiger partial charge in [0.25, 0.3) is 5.91 Å². The fourth-order valence-electron chi connectivity index (χ4n) is 7.21. The molecule has 5 atom stereocenters. The number of carbonyl (C=O) groups excluding carboxylic acids is 3. The fraction of sp³-hybridized carbons (Fsp3) is 0.459. The van der Waals surface area contributed by atoms with E-state index in [0.29, 0.717) is 31.4 Å². The highest BCUT2D eigenvalue weighted by atomic mass is 16.5. The molecular weight excluding hydrogens is 578 g/mol. The summed E-state index contributed by atoms with van der Waals surface area (Å²) in [5.41, 5.74) is 8.14. The Labute approximate surface area is 272 Å². The summed E-state index contributed by atoms with van der Waals surface area (Å²) in [6, 6.07) is 20.4. The smallest absolute Gasteiger partial charge is 0.270 e. The molecule has 46 heavy (non-hydrogen) atoms. The Kier molecular flexibility index (Phi) is 11.4. The Bertz CT molecular complexity index is 1440. The second-order valence-electron chi connectivity index (χ2n) is 12.9. The third-order valence-electron chi connectivity index (χ3n) is 9.74. The van der Waals surface area contributed by atoms with Crippen molar-refractivity contribution >= 4 is 17.7 Å². The molecule has 5 N–H and O–H groups in total. The number of fused-ring (bicyclic) bond motifs is 2. The van der Waals surface area contributed by atoms with Crippen LogP contribution in [-0.4, -0.2) is 54.5 Å². The van der Waals surface area contributed by atoms with Crippen molar-refractivity contribution in [1.82, 2.24) is 20.9 Å². The molecule has 244 valence electrons. The van der Waals surface area contributed by atoms with Crippen LogP contribution in [0, 0.1) is 17.3 Å². The number of benzene rings is 2. The van der Waals surface area contributed by atoms with Crippen molar-refractivity contribution in [2.24, 2.45) is 23.0 Å². The summed E-state index contributed by atoms with van der Waals surface area (Å²) < 4.78 is 5.57. The van der Waals surface area contributed by atoms with E-state index in [1.807, 2.05) is 61.5 Å². The monoisotopic (exact) mass is 625 g/mol. The zero-order valence-corrected chi connectivity index (χ0v) is 26.8. The Morgan fingerprint density at radius 2 is 1.61 bits per heavy atom. The van der Waals surface area contributed by atoms with E-state index in [4.69, 9.17) is 10.5 Å². The van der Waals surface area contributed by atoms with Crippen molar-refractivity contribution in [3.63, 3.8) is 0 Å². The molecule has 9 heteroatoms. The summed E-state index contributed by atoms with van der Waals surface area (Å²) in [5, 5.41) is 9.10. The first kappa shape index (κ1) is 33.1. The standard InChI is InChI=1S/C37H47N5O4/c1-2-46-30-15-13-27(14-16-30)22-33(42-35(44)31-12-6-7-20-39-31)36(45)41-32(21-26-9-4-3-5-10-26)34(43)40-25-37-18-8-11-28(23-37)29(24-38)17-19-37/h3-7,9-10,12-16,20,28-29,32-33H,2,8,11,17-19,21-25,38H2,1H3,(H,40,43)(H,41,45)(H,42,44)/t28?,29?,32-,33+,37?/m0/s1. The highest BCUT2D eigenvalue weighted by molar-refractivity contribution is 5.97. The number of amides is 3. The molecule has 2 aliphatic carbocycles. The first-order valence-electron chi connectivity index (χ1n) is 16.6. The number of aromatic nitrogens is 1. The second-order valence-corrected chi connectivity index (χ2v) is 12.9. The predicted molar refractivity (Wildman–Crippen MR) is 178 cm³/mol. The van der Waals surface area contributed by atoms with Crippen LogP contribution in [0.5, 0.6) is 5.75 Å². The van der Waals surface area contributed by atoms with Gasteiger partial charge in [-0.1, -0.05) is 61.4 Å². The quantitative estimate of drug-likeness (QED) is 0.212. The number of nitrogens with two attached hydrogens (primary N) is 1. The van der Waals surface area contributed by atoms with Gasteiger partial charge in [0.05, 0.1) is 6.61 Å². The molecule has 2 aliphatic rings. The van der Waals surface area contributed by atoms with Crippen LogP contribution in [0.3, 0.4) is 0 Å². The van der Waals surface area contributed by atoms with Crippen molar-refractivity contribution in [2.75, 3.05) is 19.7 Å². The summed E-state index contributed by atoms with van der Waals surface area (Å²) in [6.45, 7) is 3.78. The van der Waals surface area contributed by atoms with E-state index < -0.39 is 23.9 Å². The lowest BCUT2D eigenvalue weighted by atomic mass is 9.58. The Morgan fingerprint density at radius 1 is 0.891 bits per heavy atom. The average molecular weight is 626 g/mol. The molecule has 3 amide bonds. The summed E-state index contributed by atoms with van der Waals surface area (Å²) in [6.07, 6.45) is 8.81. The molecule has 2 bridgehead atoms. The maximum absolute atomic E-state index is 14.0. The van der Waals surface area contributed by atoms with Crippen LogP contribution in [0.15, 0.2) is 79.0 Å². The van der Waals surface area contributed by atoms with Crippen LogP contribution in [0.1, 0.15) is 67.1 Å². The summed E-state index contributed by atoms with van der Waals surface area (Å²) in [7, 11) is 0. The molecule has 0 aliphatic heterocycles. The van der Waals surface area contributed by atoms with Crippen molar-refractivity contribution in [3.8, 4) is 5.75 Å². The van der Waals surface area contributed by atoms with E-state index in [2.05, 4.69) is 20.9 Å². The molecule has 0 saturated heterocycles. The molecule has 1 aromatic heterocycles. The van der Waals surface area contributed by atoms with Gasteiger partial charge in [-0.15, -0.1) is 0 Å². The maximum atomic E-state index is 14.0. The first-order valence-corrected chi connectivity index (χ1v) is 16.6. The van der Waals surface area contributed by atoms with E-state index >= 15 is 0 Å². The van der Waals surface area contributed by atoms with Crippen LogP contribution in [0.2, 0.25) is 0 Å². The number of carbonyl (C=O) groups is 3. The van der Waals surface area contributed by atoms with E-state index in [0.717, 1.165) is 55.5 Å². The second kappa shape index (κ2) is 15.9. The van der Waals surface area contributed by atoms with E-state index in [9.17, 15) is 14.4 Å². The van der Waals surface area contributed by atoms with Gasteiger partial charge in [0.2, 0.25) is 11.8 Å². The SMILES string of the molecule is CCOc1ccc(C[C@@H](NC(=O)c2ccccn2)C(=O)N[C@@H](Cc2ccccc2)C(=O)NCC23CCCC(C2)C(CN)CC3)cc1. The fourth-order valence-corrected chi connectivity index (χ4v) is 7.21. The van der Waals surface area contributed by atoms with Crippen molar-refractivity contribution in [2.45, 2.75) is 70.4 Å². The lowest BCUT2D eigenvalue weighted by Gasteiger charge is -2.49. The van der Waals surface area contributed by atoms with Crippen LogP contribution in [-0.2, 0) is 22.4 Å². The number of pyridine rings is 1. The number of nitrogens with one attached hydrogen (secondary N) is 3. The highest BCUT2D eigenvalue weighted by Gasteiger charge is 2.43. The minimum absolute atomic E-state index is 0.0817. The van der Waals surface area contributed by atoms with Crippen LogP contribution < -0.4 is 26.4 Å². The van der Waals surface area contributed by atoms with Crippen LogP contribution in [0.25, 0.3) is 0 Å². The van der Waals surface area contributed by atoms with Gasteiger partial charge in [0.15, 0.2) is 0 Å². The molecule has 3 unspecified atom stereocenters.